The number of amides is 1. The molecule has 0 aliphatic heterocycles. The predicted octanol–water partition coefficient (Wildman–Crippen LogP) is 2.71. The van der Waals surface area contributed by atoms with Gasteiger partial charge in [0.2, 0.25) is 0 Å². The zero-order chi connectivity index (χ0) is 19.2. The highest BCUT2D eigenvalue weighted by molar-refractivity contribution is 5.94. The number of ether oxygens (including phenoxy) is 1. The van der Waals surface area contributed by atoms with Crippen LogP contribution in [0.1, 0.15) is 55.8 Å². The van der Waals surface area contributed by atoms with E-state index in [1.165, 1.54) is 32.1 Å². The van der Waals surface area contributed by atoms with Crippen molar-refractivity contribution >= 4 is 11.9 Å². The Bertz CT molecular complexity index is 557. The molecule has 1 aromatic carbocycles. The van der Waals surface area contributed by atoms with Crippen molar-refractivity contribution in [3.05, 3.63) is 35.9 Å². The van der Waals surface area contributed by atoms with Crippen LogP contribution in [0.5, 0.6) is 0 Å². The van der Waals surface area contributed by atoms with Crippen LogP contribution in [0, 0.1) is 0 Å². The van der Waals surface area contributed by atoms with Gasteiger partial charge in [-0.15, -0.1) is 0 Å². The van der Waals surface area contributed by atoms with Gasteiger partial charge in [0.25, 0.3) is 5.91 Å². The van der Waals surface area contributed by atoms with Crippen LogP contribution in [-0.4, -0.2) is 50.8 Å². The second kappa shape index (κ2) is 13.1. The van der Waals surface area contributed by atoms with Gasteiger partial charge in [0.1, 0.15) is 0 Å². The molecule has 3 N–H and O–H groups in total. The van der Waals surface area contributed by atoms with E-state index in [1.54, 1.807) is 0 Å². The standard InChI is InChI=1S/C21H34N4O2/c1-2-22-21(24-14-9-17-27-19-12-7-4-8-13-19)25-16-15-23-20(26)18-10-5-3-6-11-18/h3,5-6,10-11,19H,2,4,7-9,12-17H2,1H3,(H,23,26)(H2,22,24,25). The van der Waals surface area contributed by atoms with Crippen molar-refractivity contribution in [3.63, 3.8) is 0 Å². The summed E-state index contributed by atoms with van der Waals surface area (Å²) in [6, 6.07) is 9.24. The summed E-state index contributed by atoms with van der Waals surface area (Å²) in [6.07, 6.45) is 7.77. The third kappa shape index (κ3) is 8.91. The molecule has 1 aromatic rings. The number of carbonyl (C=O) groups is 1. The largest absolute Gasteiger partial charge is 0.378 e. The summed E-state index contributed by atoms with van der Waals surface area (Å²) in [5.74, 6) is 0.725. The Labute approximate surface area is 163 Å². The van der Waals surface area contributed by atoms with Gasteiger partial charge in [0, 0.05) is 38.3 Å². The van der Waals surface area contributed by atoms with Gasteiger partial charge in [-0.3, -0.25) is 9.79 Å². The minimum Gasteiger partial charge on any atom is -0.378 e. The van der Waals surface area contributed by atoms with Crippen LogP contribution in [0.4, 0.5) is 0 Å². The van der Waals surface area contributed by atoms with Crippen LogP contribution in [0.3, 0.4) is 0 Å². The van der Waals surface area contributed by atoms with Gasteiger partial charge in [-0.2, -0.15) is 0 Å². The second-order valence-electron chi connectivity index (χ2n) is 6.79. The van der Waals surface area contributed by atoms with E-state index in [-0.39, 0.29) is 5.91 Å². The lowest BCUT2D eigenvalue weighted by atomic mass is 9.98. The second-order valence-corrected chi connectivity index (χ2v) is 6.79. The minimum atomic E-state index is -0.0563. The first kappa shape index (κ1) is 21.2. The first-order valence-corrected chi connectivity index (χ1v) is 10.3. The van der Waals surface area contributed by atoms with Gasteiger partial charge in [-0.05, 0) is 38.3 Å². The van der Waals surface area contributed by atoms with Crippen molar-refractivity contribution in [2.75, 3.05) is 32.8 Å². The molecule has 2 rings (SSSR count). The third-order valence-electron chi connectivity index (χ3n) is 4.56. The summed E-state index contributed by atoms with van der Waals surface area (Å²) in [5, 5.41) is 9.38. The van der Waals surface area contributed by atoms with E-state index in [4.69, 9.17) is 4.74 Å². The van der Waals surface area contributed by atoms with E-state index in [9.17, 15) is 4.79 Å². The first-order valence-electron chi connectivity index (χ1n) is 10.3. The fraction of sp³-hybridized carbons (Fsp3) is 0.619. The van der Waals surface area contributed by atoms with E-state index >= 15 is 0 Å². The lowest BCUT2D eigenvalue weighted by Crippen LogP contribution is -2.41. The van der Waals surface area contributed by atoms with Gasteiger partial charge >= 0.3 is 0 Å². The Morgan fingerprint density at radius 3 is 2.56 bits per heavy atom. The topological polar surface area (TPSA) is 74.8 Å². The lowest BCUT2D eigenvalue weighted by Gasteiger charge is -2.21. The lowest BCUT2D eigenvalue weighted by molar-refractivity contribution is 0.0281. The molecule has 0 radical (unpaired) electrons. The molecule has 0 atom stereocenters. The van der Waals surface area contributed by atoms with Gasteiger partial charge in [-0.1, -0.05) is 37.5 Å². The van der Waals surface area contributed by atoms with Gasteiger partial charge < -0.3 is 20.7 Å². The average molecular weight is 375 g/mol. The zero-order valence-corrected chi connectivity index (χ0v) is 16.5. The number of rotatable bonds is 10. The van der Waals surface area contributed by atoms with Gasteiger partial charge in [0.05, 0.1) is 6.10 Å². The van der Waals surface area contributed by atoms with Gasteiger partial charge in [-0.25, -0.2) is 0 Å². The van der Waals surface area contributed by atoms with Crippen LogP contribution in [0.2, 0.25) is 0 Å². The molecule has 150 valence electrons. The number of hydrogen-bond acceptors (Lipinski definition) is 3. The summed E-state index contributed by atoms with van der Waals surface area (Å²) < 4.78 is 5.93. The van der Waals surface area contributed by atoms with E-state index in [1.807, 2.05) is 37.3 Å². The number of hydrogen-bond donors (Lipinski definition) is 3. The molecule has 0 spiro atoms. The molecule has 6 nitrogen and oxygen atoms in total. The fourth-order valence-corrected chi connectivity index (χ4v) is 3.13. The van der Waals surface area contributed by atoms with Crippen molar-refractivity contribution in [1.82, 2.24) is 16.0 Å². The summed E-state index contributed by atoms with van der Waals surface area (Å²) in [6.45, 7) is 5.53. The molecule has 1 amide bonds. The maximum atomic E-state index is 12.0. The van der Waals surface area contributed by atoms with Crippen LogP contribution in [0.15, 0.2) is 35.3 Å². The number of benzene rings is 1. The molecular weight excluding hydrogens is 340 g/mol. The van der Waals surface area contributed by atoms with Crippen LogP contribution < -0.4 is 16.0 Å². The molecule has 0 bridgehead atoms. The Morgan fingerprint density at radius 1 is 1.07 bits per heavy atom. The number of carbonyl (C=O) groups excluding carboxylic acids is 1. The summed E-state index contributed by atoms with van der Waals surface area (Å²) in [5.41, 5.74) is 0.677. The molecule has 0 heterocycles. The smallest absolute Gasteiger partial charge is 0.251 e. The molecule has 6 heteroatoms. The molecule has 1 aliphatic carbocycles. The number of nitrogens with one attached hydrogen (secondary N) is 3. The highest BCUT2D eigenvalue weighted by Crippen LogP contribution is 2.20. The van der Waals surface area contributed by atoms with Gasteiger partial charge in [0.15, 0.2) is 5.96 Å². The Balaban J connectivity index is 1.59. The molecule has 27 heavy (non-hydrogen) atoms. The summed E-state index contributed by atoms with van der Waals surface area (Å²) >= 11 is 0. The molecule has 0 saturated heterocycles. The van der Waals surface area contributed by atoms with Crippen molar-refractivity contribution < 1.29 is 9.53 Å². The normalized spacial score (nSPS) is 15.4. The molecule has 1 aliphatic rings. The van der Waals surface area contributed by atoms with E-state index in [0.29, 0.717) is 24.8 Å². The highest BCUT2D eigenvalue weighted by atomic mass is 16.5. The van der Waals surface area contributed by atoms with Crippen LogP contribution >= 0.6 is 0 Å². The highest BCUT2D eigenvalue weighted by Gasteiger charge is 2.12. The summed E-state index contributed by atoms with van der Waals surface area (Å²) in [4.78, 5) is 16.6. The maximum absolute atomic E-state index is 12.0. The number of guanidine groups is 1. The quantitative estimate of drug-likeness (QED) is 0.334. The third-order valence-corrected chi connectivity index (χ3v) is 4.56. The predicted molar refractivity (Wildman–Crippen MR) is 110 cm³/mol. The Morgan fingerprint density at radius 2 is 1.81 bits per heavy atom. The molecule has 0 unspecified atom stereocenters. The summed E-state index contributed by atoms with van der Waals surface area (Å²) in [7, 11) is 0. The minimum absolute atomic E-state index is 0.0563. The SMILES string of the molecule is CCNC(=NCCCOC1CCCCC1)NCCNC(=O)c1ccccc1. The molecule has 1 saturated carbocycles. The molecule has 1 fully saturated rings. The Hall–Kier alpha value is -2.08. The van der Waals surface area contributed by atoms with E-state index < -0.39 is 0 Å². The van der Waals surface area contributed by atoms with Crippen LogP contribution in [0.25, 0.3) is 0 Å². The van der Waals surface area contributed by atoms with Crippen molar-refractivity contribution in [3.8, 4) is 0 Å². The maximum Gasteiger partial charge on any atom is 0.251 e. The number of aliphatic imine (C=N–C) groups is 1. The number of nitrogens with zero attached hydrogens (tertiary/aromatic N) is 1. The van der Waals surface area contributed by atoms with E-state index in [0.717, 1.165) is 32.1 Å². The molecule has 0 aromatic heterocycles. The van der Waals surface area contributed by atoms with Crippen molar-refractivity contribution in [1.29, 1.82) is 0 Å². The first-order chi connectivity index (χ1) is 13.3. The fourth-order valence-electron chi connectivity index (χ4n) is 3.13. The average Bonchev–Trinajstić information content (AvgIpc) is 2.72. The zero-order valence-electron chi connectivity index (χ0n) is 16.5. The monoisotopic (exact) mass is 374 g/mol. The van der Waals surface area contributed by atoms with Crippen LogP contribution in [-0.2, 0) is 4.74 Å². The van der Waals surface area contributed by atoms with E-state index in [2.05, 4.69) is 20.9 Å². The Kier molecular flexibility index (Phi) is 10.3. The molecular formula is C21H34N4O2. The van der Waals surface area contributed by atoms with Crippen molar-refractivity contribution in [2.24, 2.45) is 4.99 Å². The van der Waals surface area contributed by atoms with Crippen molar-refractivity contribution in [2.45, 2.75) is 51.6 Å².